The molecule has 0 heterocycles. The third-order valence-electron chi connectivity index (χ3n) is 2.60. The van der Waals surface area contributed by atoms with Crippen molar-refractivity contribution in [2.24, 2.45) is 5.16 Å². The molecule has 3 heteroatoms. The first-order valence-corrected chi connectivity index (χ1v) is 5.70. The molecular weight excluding hydrogens is 202 g/mol. The molecule has 0 spiro atoms. The van der Waals surface area contributed by atoms with Crippen LogP contribution in [0.3, 0.4) is 0 Å². The summed E-state index contributed by atoms with van der Waals surface area (Å²) >= 11 is 0. The van der Waals surface area contributed by atoms with Crippen molar-refractivity contribution in [1.82, 2.24) is 0 Å². The summed E-state index contributed by atoms with van der Waals surface area (Å²) in [4.78, 5) is 0. The number of aromatic hydroxyl groups is 1. The van der Waals surface area contributed by atoms with Crippen molar-refractivity contribution in [3.63, 3.8) is 0 Å². The summed E-state index contributed by atoms with van der Waals surface area (Å²) in [7, 11) is 0. The molecule has 0 saturated carbocycles. The van der Waals surface area contributed by atoms with Gasteiger partial charge in [-0.3, -0.25) is 0 Å². The Balaban J connectivity index is 2.83. The molecule has 0 fully saturated rings. The number of oxime groups is 1. The third-order valence-corrected chi connectivity index (χ3v) is 2.60. The molecule has 0 atom stereocenters. The number of phenols is 1. The van der Waals surface area contributed by atoms with E-state index < -0.39 is 0 Å². The average Bonchev–Trinajstić information content (AvgIpc) is 2.28. The largest absolute Gasteiger partial charge is 0.507 e. The Morgan fingerprint density at radius 1 is 1.31 bits per heavy atom. The lowest BCUT2D eigenvalue weighted by molar-refractivity contribution is 0.317. The van der Waals surface area contributed by atoms with Gasteiger partial charge in [-0.1, -0.05) is 36.6 Å². The van der Waals surface area contributed by atoms with E-state index in [1.807, 2.05) is 19.1 Å². The number of benzene rings is 1. The Labute approximate surface area is 96.4 Å². The number of unbranched alkanes of at least 4 members (excludes halogenated alkanes) is 2. The molecular formula is C13H19NO2. The van der Waals surface area contributed by atoms with E-state index >= 15 is 0 Å². The monoisotopic (exact) mass is 221 g/mol. The van der Waals surface area contributed by atoms with E-state index in [1.54, 1.807) is 6.07 Å². The lowest BCUT2D eigenvalue weighted by atomic mass is 10.0. The molecule has 88 valence electrons. The van der Waals surface area contributed by atoms with Crippen LogP contribution in [0.4, 0.5) is 0 Å². The van der Waals surface area contributed by atoms with Gasteiger partial charge >= 0.3 is 0 Å². The average molecular weight is 221 g/mol. The van der Waals surface area contributed by atoms with Gasteiger partial charge in [0.1, 0.15) is 5.75 Å². The maximum absolute atomic E-state index is 9.70. The lowest BCUT2D eigenvalue weighted by Crippen LogP contribution is -2.02. The Kier molecular flexibility index (Phi) is 4.83. The SMILES string of the molecule is CCCCC/C(=N\O)c1cc(C)ccc1O. The van der Waals surface area contributed by atoms with Crippen molar-refractivity contribution in [1.29, 1.82) is 0 Å². The van der Waals surface area contributed by atoms with Gasteiger partial charge in [-0.25, -0.2) is 0 Å². The van der Waals surface area contributed by atoms with Gasteiger partial charge < -0.3 is 10.3 Å². The summed E-state index contributed by atoms with van der Waals surface area (Å²) in [6.07, 6.45) is 3.90. The van der Waals surface area contributed by atoms with E-state index in [0.29, 0.717) is 17.7 Å². The van der Waals surface area contributed by atoms with Gasteiger partial charge in [0.2, 0.25) is 0 Å². The van der Waals surface area contributed by atoms with Gasteiger partial charge in [0, 0.05) is 5.56 Å². The zero-order valence-electron chi connectivity index (χ0n) is 9.90. The van der Waals surface area contributed by atoms with Gasteiger partial charge in [0.25, 0.3) is 0 Å². The van der Waals surface area contributed by atoms with Gasteiger partial charge in [-0.05, 0) is 31.9 Å². The van der Waals surface area contributed by atoms with Crippen LogP contribution in [-0.2, 0) is 0 Å². The summed E-state index contributed by atoms with van der Waals surface area (Å²) in [6, 6.07) is 5.31. The molecule has 0 bridgehead atoms. The Bertz CT molecular complexity index is 372. The van der Waals surface area contributed by atoms with Crippen LogP contribution in [0, 0.1) is 6.92 Å². The fourth-order valence-electron chi connectivity index (χ4n) is 1.66. The third kappa shape index (κ3) is 3.26. The molecule has 0 saturated heterocycles. The first kappa shape index (κ1) is 12.6. The molecule has 3 nitrogen and oxygen atoms in total. The van der Waals surface area contributed by atoms with Crippen molar-refractivity contribution < 1.29 is 10.3 Å². The second kappa shape index (κ2) is 6.16. The van der Waals surface area contributed by atoms with Gasteiger partial charge in [-0.15, -0.1) is 0 Å². The molecule has 1 rings (SSSR count). The van der Waals surface area contributed by atoms with Crippen LogP contribution in [-0.4, -0.2) is 16.0 Å². The zero-order chi connectivity index (χ0) is 12.0. The van der Waals surface area contributed by atoms with E-state index in [4.69, 9.17) is 5.21 Å². The van der Waals surface area contributed by atoms with Crippen molar-refractivity contribution in [3.8, 4) is 5.75 Å². The minimum Gasteiger partial charge on any atom is -0.507 e. The normalized spacial score (nSPS) is 11.8. The minimum absolute atomic E-state index is 0.176. The molecule has 0 aliphatic rings. The summed E-state index contributed by atoms with van der Waals surface area (Å²) in [6.45, 7) is 4.07. The maximum atomic E-state index is 9.70. The van der Waals surface area contributed by atoms with Gasteiger partial charge in [0.05, 0.1) is 5.71 Å². The quantitative estimate of drug-likeness (QED) is 0.346. The molecule has 16 heavy (non-hydrogen) atoms. The number of phenolic OH excluding ortho intramolecular Hbond substituents is 1. The minimum atomic E-state index is 0.176. The molecule has 0 radical (unpaired) electrons. The fraction of sp³-hybridized carbons (Fsp3) is 0.462. The van der Waals surface area contributed by atoms with E-state index in [-0.39, 0.29) is 5.75 Å². The Hall–Kier alpha value is -1.51. The first-order valence-electron chi connectivity index (χ1n) is 5.70. The van der Waals surface area contributed by atoms with Crippen LogP contribution < -0.4 is 0 Å². The first-order chi connectivity index (χ1) is 7.69. The Morgan fingerprint density at radius 2 is 2.06 bits per heavy atom. The van der Waals surface area contributed by atoms with Crippen LogP contribution in [0.1, 0.15) is 43.7 Å². The molecule has 0 amide bonds. The summed E-state index contributed by atoms with van der Waals surface area (Å²) in [5, 5.41) is 22.0. The highest BCUT2D eigenvalue weighted by Crippen LogP contribution is 2.21. The number of nitrogens with zero attached hydrogens (tertiary/aromatic N) is 1. The second-order valence-corrected chi connectivity index (χ2v) is 4.02. The van der Waals surface area contributed by atoms with Crippen LogP contribution in [0.15, 0.2) is 23.4 Å². The number of hydrogen-bond acceptors (Lipinski definition) is 3. The predicted octanol–water partition coefficient (Wildman–Crippen LogP) is 3.46. The predicted molar refractivity (Wildman–Crippen MR) is 65.3 cm³/mol. The van der Waals surface area contributed by atoms with E-state index in [2.05, 4.69) is 12.1 Å². The van der Waals surface area contributed by atoms with E-state index in [0.717, 1.165) is 24.8 Å². The molecule has 0 unspecified atom stereocenters. The highest BCUT2D eigenvalue weighted by atomic mass is 16.4. The molecule has 0 aliphatic carbocycles. The topological polar surface area (TPSA) is 52.8 Å². The zero-order valence-corrected chi connectivity index (χ0v) is 9.90. The van der Waals surface area contributed by atoms with Crippen molar-refractivity contribution in [2.45, 2.75) is 39.5 Å². The van der Waals surface area contributed by atoms with E-state index in [1.165, 1.54) is 0 Å². The highest BCUT2D eigenvalue weighted by Gasteiger charge is 2.09. The summed E-state index contributed by atoms with van der Waals surface area (Å²) in [5.74, 6) is 0.176. The van der Waals surface area contributed by atoms with Crippen molar-refractivity contribution in [2.75, 3.05) is 0 Å². The van der Waals surface area contributed by atoms with Gasteiger partial charge in [-0.2, -0.15) is 0 Å². The van der Waals surface area contributed by atoms with Gasteiger partial charge in [0.15, 0.2) is 0 Å². The highest BCUT2D eigenvalue weighted by molar-refractivity contribution is 6.02. The molecule has 2 N–H and O–H groups in total. The van der Waals surface area contributed by atoms with E-state index in [9.17, 15) is 5.11 Å². The van der Waals surface area contributed by atoms with Crippen LogP contribution >= 0.6 is 0 Å². The number of aryl methyl sites for hydroxylation is 1. The smallest absolute Gasteiger partial charge is 0.124 e. The van der Waals surface area contributed by atoms with Crippen molar-refractivity contribution in [3.05, 3.63) is 29.3 Å². The second-order valence-electron chi connectivity index (χ2n) is 4.02. The number of rotatable bonds is 5. The van der Waals surface area contributed by atoms with Crippen LogP contribution in [0.2, 0.25) is 0 Å². The standard InChI is InChI=1S/C13H19NO2/c1-3-4-5-6-12(14-16)11-9-10(2)7-8-13(11)15/h7-9,15-16H,3-6H2,1-2H3/b14-12+. The number of hydrogen-bond donors (Lipinski definition) is 2. The van der Waals surface area contributed by atoms with Crippen LogP contribution in [0.5, 0.6) is 5.75 Å². The Morgan fingerprint density at radius 3 is 2.69 bits per heavy atom. The molecule has 1 aromatic carbocycles. The summed E-state index contributed by atoms with van der Waals surface area (Å²) < 4.78 is 0. The lowest BCUT2D eigenvalue weighted by Gasteiger charge is -2.07. The van der Waals surface area contributed by atoms with Crippen LogP contribution in [0.25, 0.3) is 0 Å². The summed E-state index contributed by atoms with van der Waals surface area (Å²) in [5.41, 5.74) is 2.25. The molecule has 0 aromatic heterocycles. The molecule has 0 aliphatic heterocycles. The maximum Gasteiger partial charge on any atom is 0.124 e. The molecule has 1 aromatic rings. The fourth-order valence-corrected chi connectivity index (χ4v) is 1.66. The van der Waals surface area contributed by atoms with Crippen molar-refractivity contribution >= 4 is 5.71 Å².